The molecule has 2 aliphatic heterocycles. The van der Waals surface area contributed by atoms with Crippen LogP contribution in [0.1, 0.15) is 0 Å². The summed E-state index contributed by atoms with van der Waals surface area (Å²) in [5, 5.41) is 9.04. The minimum atomic E-state index is -1.90. The Bertz CT molecular complexity index is 242. The van der Waals surface area contributed by atoms with Gasteiger partial charge in [-0.05, 0) is 12.2 Å². The number of rotatable bonds is 1. The van der Waals surface area contributed by atoms with E-state index >= 15 is 0 Å². The van der Waals surface area contributed by atoms with Crippen molar-refractivity contribution in [3.05, 3.63) is 12.2 Å². The highest BCUT2D eigenvalue weighted by molar-refractivity contribution is 5.72. The summed E-state index contributed by atoms with van der Waals surface area (Å²) in [7, 11) is 0. The third kappa shape index (κ3) is 1.77. The van der Waals surface area contributed by atoms with Crippen molar-refractivity contribution in [3.63, 3.8) is 0 Å². The Morgan fingerprint density at radius 1 is 1.62 bits per heavy atom. The number of dihydropyridines is 1. The Morgan fingerprint density at radius 3 is 2.77 bits per heavy atom. The molecule has 0 saturated carbocycles. The summed E-state index contributed by atoms with van der Waals surface area (Å²) in [5.74, 6) is -1.90. The van der Waals surface area contributed by atoms with Crippen molar-refractivity contribution >= 4 is 6.21 Å². The number of nitrogens with zero attached hydrogens (tertiary/aromatic N) is 2. The van der Waals surface area contributed by atoms with Crippen LogP contribution in [-0.4, -0.2) is 47.4 Å². The predicted octanol–water partition coefficient (Wildman–Crippen LogP) is -0.746. The van der Waals surface area contributed by atoms with Gasteiger partial charge in [-0.1, -0.05) is 0 Å². The summed E-state index contributed by atoms with van der Waals surface area (Å²) in [5.41, 5.74) is 5.16. The van der Waals surface area contributed by atoms with Crippen molar-refractivity contribution in [1.82, 2.24) is 4.90 Å². The maximum absolute atomic E-state index is 13.0. The summed E-state index contributed by atoms with van der Waals surface area (Å²) >= 11 is 0. The molecule has 0 spiro atoms. The molecule has 5 heteroatoms. The topological polar surface area (TPSA) is 61.8 Å². The molecule has 2 heterocycles. The van der Waals surface area contributed by atoms with Crippen LogP contribution in [0.4, 0.5) is 4.39 Å². The molecular formula is C8H12FN3O. The van der Waals surface area contributed by atoms with E-state index in [2.05, 4.69) is 4.99 Å². The monoisotopic (exact) mass is 185 g/mol. The highest BCUT2D eigenvalue weighted by Gasteiger charge is 2.32. The normalized spacial score (nSPS) is 40.7. The second kappa shape index (κ2) is 2.87. The van der Waals surface area contributed by atoms with E-state index in [0.29, 0.717) is 13.1 Å². The van der Waals surface area contributed by atoms with Crippen molar-refractivity contribution in [1.29, 1.82) is 0 Å². The first kappa shape index (κ1) is 8.80. The van der Waals surface area contributed by atoms with Gasteiger partial charge in [0.15, 0.2) is 0 Å². The minimum absolute atomic E-state index is 0.157. The molecule has 0 aromatic rings. The van der Waals surface area contributed by atoms with E-state index in [-0.39, 0.29) is 12.3 Å². The molecule has 0 radical (unpaired) electrons. The number of β-amino-alcohol motifs (C(OH)–C–C–N with tert-alkyl or cyclic N) is 1. The van der Waals surface area contributed by atoms with Crippen LogP contribution in [0.25, 0.3) is 0 Å². The van der Waals surface area contributed by atoms with Gasteiger partial charge >= 0.3 is 0 Å². The lowest BCUT2D eigenvalue weighted by molar-refractivity contribution is -0.0125. The molecular weight excluding hydrogens is 173 g/mol. The number of hydrogen-bond acceptors (Lipinski definition) is 4. The largest absolute Gasteiger partial charge is 0.390 e. The van der Waals surface area contributed by atoms with Gasteiger partial charge in [0.1, 0.15) is 6.17 Å². The second-order valence-corrected chi connectivity index (χ2v) is 3.49. The van der Waals surface area contributed by atoms with Gasteiger partial charge in [0, 0.05) is 13.1 Å². The summed E-state index contributed by atoms with van der Waals surface area (Å²) in [6, 6.07) is 0. The number of halogens is 1. The molecule has 0 aromatic heterocycles. The van der Waals surface area contributed by atoms with Crippen LogP contribution >= 0.6 is 0 Å². The zero-order chi connectivity index (χ0) is 9.47. The lowest BCUT2D eigenvalue weighted by Gasteiger charge is -2.39. The zero-order valence-electron chi connectivity index (χ0n) is 7.10. The average molecular weight is 185 g/mol. The Kier molecular flexibility index (Phi) is 1.94. The molecule has 2 atom stereocenters. The third-order valence-corrected chi connectivity index (χ3v) is 2.21. The van der Waals surface area contributed by atoms with Crippen molar-refractivity contribution < 1.29 is 9.50 Å². The first-order valence-corrected chi connectivity index (χ1v) is 4.20. The van der Waals surface area contributed by atoms with Gasteiger partial charge in [-0.25, -0.2) is 4.39 Å². The fourth-order valence-electron chi connectivity index (χ4n) is 1.44. The van der Waals surface area contributed by atoms with Crippen LogP contribution in [0.2, 0.25) is 0 Å². The molecule has 0 amide bonds. The molecule has 13 heavy (non-hydrogen) atoms. The Labute approximate surface area is 75.5 Å². The molecule has 3 N–H and O–H groups in total. The van der Waals surface area contributed by atoms with Crippen LogP contribution in [0.3, 0.4) is 0 Å². The zero-order valence-corrected chi connectivity index (χ0v) is 7.10. The first-order chi connectivity index (χ1) is 6.07. The van der Waals surface area contributed by atoms with Gasteiger partial charge in [0.2, 0.25) is 5.79 Å². The Balaban J connectivity index is 1.95. The van der Waals surface area contributed by atoms with Crippen LogP contribution in [0.5, 0.6) is 0 Å². The van der Waals surface area contributed by atoms with Crippen molar-refractivity contribution in [3.8, 4) is 0 Å². The maximum Gasteiger partial charge on any atom is 0.213 e. The standard InChI is InChI=1S/C8H12FN3O/c9-8(10)2-1-7(11-5-8)12-3-6(13)4-12/h1-2,5-7,13H,3-4,10H2. The van der Waals surface area contributed by atoms with Gasteiger partial charge in [-0.3, -0.25) is 15.6 Å². The summed E-state index contributed by atoms with van der Waals surface area (Å²) in [4.78, 5) is 5.88. The number of aliphatic imine (C=N–C) groups is 1. The van der Waals surface area contributed by atoms with Crippen molar-refractivity contribution in [2.75, 3.05) is 13.1 Å². The van der Waals surface area contributed by atoms with Gasteiger partial charge < -0.3 is 5.11 Å². The number of likely N-dealkylation sites (tertiary alicyclic amines) is 1. The summed E-state index contributed by atoms with van der Waals surface area (Å²) < 4.78 is 13.0. The summed E-state index contributed by atoms with van der Waals surface area (Å²) in [6.07, 6.45) is 3.58. The molecule has 1 fully saturated rings. The highest BCUT2D eigenvalue weighted by atomic mass is 19.1. The van der Waals surface area contributed by atoms with E-state index in [1.54, 1.807) is 6.08 Å². The van der Waals surface area contributed by atoms with Crippen LogP contribution in [0.15, 0.2) is 17.1 Å². The van der Waals surface area contributed by atoms with E-state index in [4.69, 9.17) is 10.8 Å². The van der Waals surface area contributed by atoms with E-state index in [1.165, 1.54) is 6.08 Å². The Hall–Kier alpha value is -0.780. The summed E-state index contributed by atoms with van der Waals surface area (Å²) in [6.45, 7) is 1.19. The molecule has 2 unspecified atom stereocenters. The number of aliphatic hydroxyl groups excluding tert-OH is 1. The van der Waals surface area contributed by atoms with Crippen LogP contribution in [-0.2, 0) is 0 Å². The number of aliphatic hydroxyl groups is 1. The molecule has 4 nitrogen and oxygen atoms in total. The maximum atomic E-state index is 13.0. The van der Waals surface area contributed by atoms with Crippen molar-refractivity contribution in [2.45, 2.75) is 18.1 Å². The smallest absolute Gasteiger partial charge is 0.213 e. The average Bonchev–Trinajstić information content (AvgIpc) is 2.00. The van der Waals surface area contributed by atoms with Crippen molar-refractivity contribution in [2.24, 2.45) is 10.7 Å². The number of hydrogen-bond donors (Lipinski definition) is 2. The molecule has 0 bridgehead atoms. The number of nitrogens with two attached hydrogens (primary N) is 1. The molecule has 2 aliphatic rings. The molecule has 2 rings (SSSR count). The Morgan fingerprint density at radius 2 is 2.31 bits per heavy atom. The quantitative estimate of drug-likeness (QED) is 0.417. The second-order valence-electron chi connectivity index (χ2n) is 3.49. The molecule has 72 valence electrons. The predicted molar refractivity (Wildman–Crippen MR) is 47.0 cm³/mol. The number of alkyl halides is 1. The first-order valence-electron chi connectivity index (χ1n) is 4.20. The van der Waals surface area contributed by atoms with Crippen LogP contribution in [0, 0.1) is 0 Å². The third-order valence-electron chi connectivity index (χ3n) is 2.21. The van der Waals surface area contributed by atoms with E-state index < -0.39 is 5.79 Å². The van der Waals surface area contributed by atoms with Gasteiger partial charge in [-0.2, -0.15) is 0 Å². The lowest BCUT2D eigenvalue weighted by Crippen LogP contribution is -2.55. The van der Waals surface area contributed by atoms with Crippen LogP contribution < -0.4 is 5.73 Å². The lowest BCUT2D eigenvalue weighted by atomic mass is 10.1. The minimum Gasteiger partial charge on any atom is -0.390 e. The SMILES string of the molecule is NC1(F)C=CC(N2CC(O)C2)N=C1. The fraction of sp³-hybridized carbons (Fsp3) is 0.625. The molecule has 0 aliphatic carbocycles. The van der Waals surface area contributed by atoms with E-state index in [1.807, 2.05) is 4.90 Å². The van der Waals surface area contributed by atoms with E-state index in [0.717, 1.165) is 6.21 Å². The van der Waals surface area contributed by atoms with Gasteiger partial charge in [0.25, 0.3) is 0 Å². The fourth-order valence-corrected chi connectivity index (χ4v) is 1.44. The van der Waals surface area contributed by atoms with Gasteiger partial charge in [0.05, 0.1) is 12.3 Å². The highest BCUT2D eigenvalue weighted by Crippen LogP contribution is 2.18. The van der Waals surface area contributed by atoms with E-state index in [9.17, 15) is 4.39 Å². The van der Waals surface area contributed by atoms with Gasteiger partial charge in [-0.15, -0.1) is 0 Å². The molecule has 1 saturated heterocycles. The molecule has 0 aromatic carbocycles.